The molecule has 0 saturated heterocycles. The molecule has 0 aliphatic heterocycles. The van der Waals surface area contributed by atoms with Crippen molar-refractivity contribution in [3.8, 4) is 56.3 Å². The van der Waals surface area contributed by atoms with Crippen LogP contribution in [0, 0.1) is 46.5 Å². The summed E-state index contributed by atoms with van der Waals surface area (Å²) in [5, 5.41) is 6.10. The molecular weight excluding hydrogens is 1310 g/mol. The standard InChI is InChI=1S/2C20H23N2.3C19H21N2/c1-14(2)12-16-9-7-11-18-19(16)21-13-22(4)20(18)17-10-6-5-8-15(17)3;1-14(2)11-16-9-10-18-19(12-16)21-13-22(4)20(18)17-8-6-5-7-15(17)3;1-13(2)15-10-7-11-17-18(15)20-12-21(4)19(17)16-9-6-5-8-14(16)3;1-13(2)15-9-10-18-17(11-15)19(21(4)12-20-18)16-8-6-5-7-14(16)3;1-13(2)15-9-10-17-18(11-15)20-12-21(4)19(17)16-8-6-5-7-14(16)3/h5-11,13-14H,12H2,1-4H3;5-10,12-14H,11H2,1-4H3;3*5-13H,1-4H3/q5*+1. The van der Waals surface area contributed by atoms with Crippen LogP contribution in [0.1, 0.15) is 143 Å². The van der Waals surface area contributed by atoms with E-state index in [-0.39, 0.29) is 0 Å². The summed E-state index contributed by atoms with van der Waals surface area (Å²) in [6.45, 7) is 33.1. The van der Waals surface area contributed by atoms with Gasteiger partial charge in [-0.3, -0.25) is 0 Å². The Labute approximate surface area is 635 Å². The summed E-state index contributed by atoms with van der Waals surface area (Å²) in [5.41, 5.74) is 31.1. The number of hydrogen-bond donors (Lipinski definition) is 0. The highest BCUT2D eigenvalue weighted by Gasteiger charge is 2.24. The lowest BCUT2D eigenvalue weighted by molar-refractivity contribution is -0.662. The van der Waals surface area contributed by atoms with Crippen molar-refractivity contribution >= 4 is 54.5 Å². The fourth-order valence-corrected chi connectivity index (χ4v) is 14.7. The van der Waals surface area contributed by atoms with Crippen molar-refractivity contribution in [1.82, 2.24) is 24.9 Å². The second kappa shape index (κ2) is 34.4. The number of para-hydroxylation sites is 2. The van der Waals surface area contributed by atoms with E-state index in [1.807, 2.05) is 31.6 Å². The van der Waals surface area contributed by atoms with E-state index in [2.05, 4.69) is 394 Å². The van der Waals surface area contributed by atoms with Crippen LogP contribution in [0.2, 0.25) is 0 Å². The number of hydrogen-bond acceptors (Lipinski definition) is 5. The molecule has 0 spiro atoms. The molecule has 0 amide bonds. The summed E-state index contributed by atoms with van der Waals surface area (Å²) in [5.74, 6) is 2.80. The van der Waals surface area contributed by atoms with Gasteiger partial charge in [-0.2, -0.15) is 0 Å². The Morgan fingerprint density at radius 2 is 0.617 bits per heavy atom. The van der Waals surface area contributed by atoms with E-state index in [1.165, 1.54) is 139 Å². The first-order valence-corrected chi connectivity index (χ1v) is 38.1. The Hall–Kier alpha value is -11.1. The van der Waals surface area contributed by atoms with Crippen molar-refractivity contribution in [2.75, 3.05) is 0 Å². The van der Waals surface area contributed by atoms with Gasteiger partial charge in [0, 0.05) is 38.9 Å². The van der Waals surface area contributed by atoms with E-state index in [4.69, 9.17) is 4.98 Å². The molecule has 15 aromatic rings. The fourth-order valence-electron chi connectivity index (χ4n) is 14.7. The van der Waals surface area contributed by atoms with Crippen LogP contribution in [0.15, 0.2) is 244 Å². The average Bonchev–Trinajstić information content (AvgIpc) is 0.810. The van der Waals surface area contributed by atoms with Crippen LogP contribution in [0.25, 0.3) is 111 Å². The lowest BCUT2D eigenvalue weighted by Crippen LogP contribution is -2.32. The Bertz CT molecular complexity index is 5610. The van der Waals surface area contributed by atoms with Crippen molar-refractivity contribution < 1.29 is 22.8 Å². The predicted octanol–water partition coefficient (Wildman–Crippen LogP) is 20.9. The normalized spacial score (nSPS) is 11.3. The smallest absolute Gasteiger partial charge is 0.232 e. The molecule has 0 fully saturated rings. The van der Waals surface area contributed by atoms with Crippen LogP contribution in [0.5, 0.6) is 0 Å². The van der Waals surface area contributed by atoms with Crippen LogP contribution in [0.4, 0.5) is 0 Å². The van der Waals surface area contributed by atoms with Crippen LogP contribution in [-0.2, 0) is 48.1 Å². The van der Waals surface area contributed by atoms with Crippen molar-refractivity contribution in [2.45, 2.75) is 134 Å². The van der Waals surface area contributed by atoms with Gasteiger partial charge >= 0.3 is 0 Å². The second-order valence-electron chi connectivity index (χ2n) is 30.7. The van der Waals surface area contributed by atoms with Gasteiger partial charge in [-0.1, -0.05) is 233 Å². The molecule has 0 N–H and O–H groups in total. The summed E-state index contributed by atoms with van der Waals surface area (Å²) < 4.78 is 10.6. The van der Waals surface area contributed by atoms with Crippen LogP contribution >= 0.6 is 0 Å². The van der Waals surface area contributed by atoms with Gasteiger partial charge in [0.15, 0.2) is 27.6 Å². The zero-order valence-electron chi connectivity index (χ0n) is 66.9. The number of benzene rings is 10. The molecule has 0 bridgehead atoms. The van der Waals surface area contributed by atoms with Gasteiger partial charge < -0.3 is 0 Å². The minimum Gasteiger partial charge on any atom is -0.232 e. The summed E-state index contributed by atoms with van der Waals surface area (Å²) in [7, 11) is 10.3. The Morgan fingerprint density at radius 3 is 1.04 bits per heavy atom. The van der Waals surface area contributed by atoms with Gasteiger partial charge in [0.05, 0.1) is 62.2 Å². The molecule has 0 atom stereocenters. The summed E-state index contributed by atoms with van der Waals surface area (Å²) in [6.07, 6.45) is 11.8. The van der Waals surface area contributed by atoms with E-state index in [1.54, 1.807) is 0 Å². The van der Waals surface area contributed by atoms with E-state index in [0.29, 0.717) is 29.6 Å². The lowest BCUT2D eigenvalue weighted by atomic mass is 9.96. The van der Waals surface area contributed by atoms with Gasteiger partial charge in [-0.05, 0) is 195 Å². The molecule has 0 saturated carbocycles. The third-order valence-corrected chi connectivity index (χ3v) is 20.4. The van der Waals surface area contributed by atoms with E-state index < -0.39 is 0 Å². The molecule has 0 radical (unpaired) electrons. The first-order chi connectivity index (χ1) is 51.4. The van der Waals surface area contributed by atoms with E-state index in [9.17, 15) is 0 Å². The number of nitrogens with zero attached hydrogens (tertiary/aromatic N) is 10. The molecule has 107 heavy (non-hydrogen) atoms. The highest BCUT2D eigenvalue weighted by Crippen LogP contribution is 2.35. The molecule has 10 aromatic carbocycles. The highest BCUT2D eigenvalue weighted by atomic mass is 15.0. The summed E-state index contributed by atoms with van der Waals surface area (Å²) in [4.78, 5) is 23.2. The lowest BCUT2D eigenvalue weighted by Gasteiger charge is -2.11. The quantitative estimate of drug-likeness (QED) is 0.114. The van der Waals surface area contributed by atoms with Crippen LogP contribution in [-0.4, -0.2) is 24.9 Å². The van der Waals surface area contributed by atoms with Crippen molar-refractivity contribution in [1.29, 1.82) is 0 Å². The predicted molar refractivity (Wildman–Crippen MR) is 445 cm³/mol. The molecule has 0 aliphatic rings. The van der Waals surface area contributed by atoms with Gasteiger partial charge in [0.2, 0.25) is 0 Å². The van der Waals surface area contributed by atoms with Crippen molar-refractivity contribution in [3.63, 3.8) is 0 Å². The topological polar surface area (TPSA) is 83.8 Å². The van der Waals surface area contributed by atoms with Crippen LogP contribution in [0.3, 0.4) is 0 Å². The first-order valence-electron chi connectivity index (χ1n) is 38.1. The molecular formula is C97H109N10+5. The molecule has 10 nitrogen and oxygen atoms in total. The maximum atomic E-state index is 4.71. The SMILES string of the molecule is Cc1ccccc1-c1c2cc(C(C)C)ccc2nc[n+]1C.Cc1ccccc1-c1c2ccc(C(C)C)cc2nc[n+]1C.Cc1ccccc1-c1c2ccc(CC(C)C)cc2nc[n+]1C.Cc1ccccc1-c1c2cccc(C(C)C)c2nc[n+]1C.Cc1ccccc1-c1c2cccc(CC(C)C)c2nc[n+]1C. The largest absolute Gasteiger partial charge is 0.287 e. The van der Waals surface area contributed by atoms with Crippen LogP contribution < -0.4 is 22.8 Å². The zero-order valence-corrected chi connectivity index (χ0v) is 66.9. The number of rotatable bonds is 12. The maximum Gasteiger partial charge on any atom is 0.287 e. The molecule has 10 heteroatoms. The van der Waals surface area contributed by atoms with E-state index >= 15 is 0 Å². The molecule has 15 rings (SSSR count). The minimum absolute atomic E-state index is 0.471. The third-order valence-electron chi connectivity index (χ3n) is 20.4. The maximum absolute atomic E-state index is 4.71. The number of fused-ring (bicyclic) bond motifs is 5. The fraction of sp³-hybridized carbons (Fsp3) is 0.278. The van der Waals surface area contributed by atoms with Gasteiger partial charge in [0.1, 0.15) is 28.5 Å². The first kappa shape index (κ1) is 77.0. The average molecular weight is 1420 g/mol. The van der Waals surface area contributed by atoms with Gasteiger partial charge in [0.25, 0.3) is 31.6 Å². The van der Waals surface area contributed by atoms with Gasteiger partial charge in [-0.25, -0.2) is 22.8 Å². The molecule has 5 heterocycles. The molecule has 542 valence electrons. The monoisotopic (exact) mass is 1410 g/mol. The summed E-state index contributed by atoms with van der Waals surface area (Å²) >= 11 is 0. The molecule has 0 unspecified atom stereocenters. The van der Waals surface area contributed by atoms with Crippen molar-refractivity contribution in [3.05, 3.63) is 300 Å². The zero-order chi connectivity index (χ0) is 76.3. The Kier molecular flexibility index (Phi) is 24.8. The third kappa shape index (κ3) is 17.6. The molecule has 5 aromatic heterocycles. The van der Waals surface area contributed by atoms with Gasteiger partial charge in [-0.15, -0.1) is 0 Å². The molecule has 0 aliphatic carbocycles. The number of aryl methyl sites for hydroxylation is 10. The minimum atomic E-state index is 0.471. The second-order valence-corrected chi connectivity index (χ2v) is 30.7. The van der Waals surface area contributed by atoms with E-state index in [0.717, 1.165) is 40.4 Å². The Balaban J connectivity index is 0.000000133. The highest BCUT2D eigenvalue weighted by molar-refractivity contribution is 5.96. The summed E-state index contributed by atoms with van der Waals surface area (Å²) in [6, 6.07) is 75.6. The van der Waals surface area contributed by atoms with Crippen molar-refractivity contribution in [2.24, 2.45) is 47.1 Å². The number of aromatic nitrogens is 10. The Morgan fingerprint density at radius 1 is 0.271 bits per heavy atom.